The van der Waals surface area contributed by atoms with E-state index in [0.29, 0.717) is 0 Å². The number of amides is 1. The zero-order valence-corrected chi connectivity index (χ0v) is 10.9. The van der Waals surface area contributed by atoms with Gasteiger partial charge in [-0.3, -0.25) is 4.79 Å². The summed E-state index contributed by atoms with van der Waals surface area (Å²) in [6.45, 7) is 3.71. The molecule has 1 aromatic rings. The topological polar surface area (TPSA) is 32.3 Å². The number of carbonyl (C=O) groups is 1. The Hall–Kier alpha value is -1.35. The van der Waals surface area contributed by atoms with E-state index in [2.05, 4.69) is 5.32 Å². The molecule has 0 spiro atoms. The average Bonchev–Trinajstić information content (AvgIpc) is 2.38. The number of rotatable bonds is 6. The highest BCUT2D eigenvalue weighted by Crippen LogP contribution is 2.16. The van der Waals surface area contributed by atoms with Crippen LogP contribution in [0.2, 0.25) is 0 Å². The van der Waals surface area contributed by atoms with E-state index in [9.17, 15) is 4.79 Å². The second kappa shape index (κ2) is 7.07. The molecule has 17 heavy (non-hydrogen) atoms. The van der Waals surface area contributed by atoms with Crippen LogP contribution in [0.25, 0.3) is 0 Å². The number of carbonyl (C=O) groups excluding carboxylic acids is 1. The molecule has 94 valence electrons. The molecule has 1 aromatic carbocycles. The first kappa shape index (κ1) is 13.7. The summed E-state index contributed by atoms with van der Waals surface area (Å²) >= 11 is 0. The van der Waals surface area contributed by atoms with E-state index in [1.54, 1.807) is 0 Å². The van der Waals surface area contributed by atoms with Crippen molar-refractivity contribution in [2.75, 3.05) is 27.2 Å². The zero-order chi connectivity index (χ0) is 12.7. The number of nitrogens with one attached hydrogen (secondary N) is 1. The normalized spacial score (nSPS) is 12.2. The third kappa shape index (κ3) is 4.19. The van der Waals surface area contributed by atoms with Crippen LogP contribution in [0.1, 0.15) is 24.8 Å². The van der Waals surface area contributed by atoms with E-state index in [1.165, 1.54) is 0 Å². The number of benzene rings is 1. The monoisotopic (exact) mass is 234 g/mol. The molecule has 1 amide bonds. The SMILES string of the molecule is CNCCCN(C)C(=O)C(C)c1ccccc1. The number of nitrogens with zero attached hydrogens (tertiary/aromatic N) is 1. The first-order valence-electron chi connectivity index (χ1n) is 6.11. The summed E-state index contributed by atoms with van der Waals surface area (Å²) in [7, 11) is 3.80. The van der Waals surface area contributed by atoms with Crippen molar-refractivity contribution in [2.24, 2.45) is 0 Å². The van der Waals surface area contributed by atoms with E-state index in [4.69, 9.17) is 0 Å². The minimum atomic E-state index is -0.0595. The van der Waals surface area contributed by atoms with Crippen LogP contribution in [0, 0.1) is 0 Å². The van der Waals surface area contributed by atoms with Gasteiger partial charge in [-0.2, -0.15) is 0 Å². The number of likely N-dealkylation sites (N-methyl/N-ethyl adjacent to an activating group) is 1. The van der Waals surface area contributed by atoms with Gasteiger partial charge < -0.3 is 10.2 Å². The third-order valence-corrected chi connectivity index (χ3v) is 2.97. The molecule has 0 fully saturated rings. The van der Waals surface area contributed by atoms with Crippen molar-refractivity contribution in [2.45, 2.75) is 19.3 Å². The molecule has 0 saturated heterocycles. The molecule has 0 aliphatic heterocycles. The lowest BCUT2D eigenvalue weighted by atomic mass is 10.00. The van der Waals surface area contributed by atoms with Gasteiger partial charge in [0.2, 0.25) is 5.91 Å². The highest BCUT2D eigenvalue weighted by atomic mass is 16.2. The highest BCUT2D eigenvalue weighted by molar-refractivity contribution is 5.83. The minimum Gasteiger partial charge on any atom is -0.345 e. The van der Waals surface area contributed by atoms with E-state index in [0.717, 1.165) is 25.1 Å². The molecule has 1 rings (SSSR count). The summed E-state index contributed by atoms with van der Waals surface area (Å²) in [4.78, 5) is 14.0. The van der Waals surface area contributed by atoms with Gasteiger partial charge in [0.15, 0.2) is 0 Å². The Kier molecular flexibility index (Phi) is 5.70. The molecule has 0 aliphatic rings. The van der Waals surface area contributed by atoms with Crippen molar-refractivity contribution in [1.29, 1.82) is 0 Å². The van der Waals surface area contributed by atoms with Gasteiger partial charge in [-0.05, 0) is 32.5 Å². The second-order valence-corrected chi connectivity index (χ2v) is 4.35. The summed E-state index contributed by atoms with van der Waals surface area (Å²) in [5.41, 5.74) is 1.08. The van der Waals surface area contributed by atoms with Gasteiger partial charge in [0.05, 0.1) is 5.92 Å². The fraction of sp³-hybridized carbons (Fsp3) is 0.500. The summed E-state index contributed by atoms with van der Waals surface area (Å²) in [5.74, 6) is 0.128. The summed E-state index contributed by atoms with van der Waals surface area (Å²) < 4.78 is 0. The van der Waals surface area contributed by atoms with Crippen molar-refractivity contribution in [1.82, 2.24) is 10.2 Å². The molecule has 0 heterocycles. The van der Waals surface area contributed by atoms with Crippen LogP contribution in [0.4, 0.5) is 0 Å². The first-order valence-corrected chi connectivity index (χ1v) is 6.11. The Balaban J connectivity index is 2.51. The van der Waals surface area contributed by atoms with Crippen molar-refractivity contribution < 1.29 is 4.79 Å². The quantitative estimate of drug-likeness (QED) is 0.762. The van der Waals surface area contributed by atoms with Crippen LogP contribution < -0.4 is 5.32 Å². The van der Waals surface area contributed by atoms with Gasteiger partial charge in [-0.1, -0.05) is 30.3 Å². The standard InChI is InChI=1S/C14H22N2O/c1-12(13-8-5-4-6-9-13)14(17)16(3)11-7-10-15-2/h4-6,8-9,12,15H,7,10-11H2,1-3H3. The fourth-order valence-corrected chi connectivity index (χ4v) is 1.82. The molecule has 0 aromatic heterocycles. The van der Waals surface area contributed by atoms with Crippen LogP contribution >= 0.6 is 0 Å². The van der Waals surface area contributed by atoms with Crippen LogP contribution in [-0.4, -0.2) is 38.0 Å². The van der Waals surface area contributed by atoms with E-state index in [1.807, 2.05) is 56.3 Å². The predicted octanol–water partition coefficient (Wildman–Crippen LogP) is 1.86. The Morgan fingerprint density at radius 1 is 1.35 bits per heavy atom. The lowest BCUT2D eigenvalue weighted by Crippen LogP contribution is -2.32. The Bertz CT molecular complexity index is 337. The summed E-state index contributed by atoms with van der Waals surface area (Å²) in [6, 6.07) is 9.92. The Morgan fingerprint density at radius 3 is 2.59 bits per heavy atom. The molecule has 1 atom stereocenters. The van der Waals surface area contributed by atoms with Crippen molar-refractivity contribution in [3.8, 4) is 0 Å². The number of hydrogen-bond donors (Lipinski definition) is 1. The van der Waals surface area contributed by atoms with Crippen LogP contribution in [-0.2, 0) is 4.79 Å². The van der Waals surface area contributed by atoms with E-state index in [-0.39, 0.29) is 11.8 Å². The summed E-state index contributed by atoms with van der Waals surface area (Å²) in [5, 5.41) is 3.08. The molecule has 3 heteroatoms. The second-order valence-electron chi connectivity index (χ2n) is 4.35. The maximum atomic E-state index is 12.1. The van der Waals surface area contributed by atoms with Crippen LogP contribution in [0.15, 0.2) is 30.3 Å². The maximum absolute atomic E-state index is 12.1. The third-order valence-electron chi connectivity index (χ3n) is 2.97. The molecule has 0 bridgehead atoms. The van der Waals surface area contributed by atoms with Gasteiger partial charge in [0.1, 0.15) is 0 Å². The van der Waals surface area contributed by atoms with Crippen molar-refractivity contribution >= 4 is 5.91 Å². The molecular formula is C14H22N2O. The van der Waals surface area contributed by atoms with Gasteiger partial charge >= 0.3 is 0 Å². The smallest absolute Gasteiger partial charge is 0.229 e. The van der Waals surface area contributed by atoms with E-state index >= 15 is 0 Å². The maximum Gasteiger partial charge on any atom is 0.229 e. The number of hydrogen-bond acceptors (Lipinski definition) is 2. The summed E-state index contributed by atoms with van der Waals surface area (Å²) in [6.07, 6.45) is 0.986. The largest absolute Gasteiger partial charge is 0.345 e. The van der Waals surface area contributed by atoms with Gasteiger partial charge in [-0.25, -0.2) is 0 Å². The first-order chi connectivity index (χ1) is 8.16. The predicted molar refractivity (Wildman–Crippen MR) is 71.0 cm³/mol. The molecular weight excluding hydrogens is 212 g/mol. The lowest BCUT2D eigenvalue weighted by Gasteiger charge is -2.21. The fourth-order valence-electron chi connectivity index (χ4n) is 1.82. The molecule has 0 saturated carbocycles. The molecule has 0 aliphatic carbocycles. The van der Waals surface area contributed by atoms with Crippen molar-refractivity contribution in [3.63, 3.8) is 0 Å². The van der Waals surface area contributed by atoms with Gasteiger partial charge in [0, 0.05) is 13.6 Å². The Labute approximate surface area is 104 Å². The van der Waals surface area contributed by atoms with Gasteiger partial charge in [0.25, 0.3) is 0 Å². The average molecular weight is 234 g/mol. The van der Waals surface area contributed by atoms with Crippen LogP contribution in [0.5, 0.6) is 0 Å². The molecule has 1 unspecified atom stereocenters. The minimum absolute atomic E-state index is 0.0595. The zero-order valence-electron chi connectivity index (χ0n) is 10.9. The Morgan fingerprint density at radius 2 is 2.00 bits per heavy atom. The molecule has 1 N–H and O–H groups in total. The molecule has 3 nitrogen and oxygen atoms in total. The van der Waals surface area contributed by atoms with Crippen molar-refractivity contribution in [3.05, 3.63) is 35.9 Å². The van der Waals surface area contributed by atoms with Gasteiger partial charge in [-0.15, -0.1) is 0 Å². The molecule has 0 radical (unpaired) electrons. The van der Waals surface area contributed by atoms with E-state index < -0.39 is 0 Å². The highest BCUT2D eigenvalue weighted by Gasteiger charge is 2.18. The lowest BCUT2D eigenvalue weighted by molar-refractivity contribution is -0.131. The van der Waals surface area contributed by atoms with Crippen LogP contribution in [0.3, 0.4) is 0 Å².